The van der Waals surface area contributed by atoms with Gasteiger partial charge in [-0.15, -0.1) is 3.97 Å². The summed E-state index contributed by atoms with van der Waals surface area (Å²) >= 11 is 1.82. The van der Waals surface area contributed by atoms with Crippen LogP contribution in [0.3, 0.4) is 0 Å². The molecule has 168 valence electrons. The van der Waals surface area contributed by atoms with E-state index in [-0.39, 0.29) is 12.1 Å². The van der Waals surface area contributed by atoms with E-state index in [9.17, 15) is 21.6 Å². The van der Waals surface area contributed by atoms with Crippen molar-refractivity contribution in [3.05, 3.63) is 18.7 Å². The fourth-order valence-electron chi connectivity index (χ4n) is 2.94. The maximum atomic E-state index is 12.9. The fourth-order valence-corrected chi connectivity index (χ4v) is 5.87. The van der Waals surface area contributed by atoms with Gasteiger partial charge in [-0.05, 0) is 19.3 Å². The van der Waals surface area contributed by atoms with E-state index in [1.54, 1.807) is 27.6 Å². The van der Waals surface area contributed by atoms with Gasteiger partial charge in [0.1, 0.15) is 12.4 Å². The molecule has 2 aliphatic heterocycles. The second kappa shape index (κ2) is 9.51. The fraction of sp³-hybridized carbons (Fsp3) is 0.786. The van der Waals surface area contributed by atoms with Crippen LogP contribution in [0.15, 0.2) is 18.7 Å². The van der Waals surface area contributed by atoms with Crippen LogP contribution in [0.4, 0.5) is 13.2 Å². The summed E-state index contributed by atoms with van der Waals surface area (Å²) in [6, 6.07) is -0.0539. The van der Waals surface area contributed by atoms with Crippen molar-refractivity contribution in [2.24, 2.45) is 7.05 Å². The Morgan fingerprint density at radius 3 is 2.38 bits per heavy atom. The number of aryl methyl sites for hydroxylation is 1. The molecule has 3 heterocycles. The number of hydrogen-bond donors (Lipinski definition) is 0. The molecule has 0 N–H and O–H groups in total. The van der Waals surface area contributed by atoms with Crippen LogP contribution in [0.1, 0.15) is 19.3 Å². The maximum Gasteiger partial charge on any atom is 0.485 e. The molecule has 3 rings (SSSR count). The highest BCUT2D eigenvalue weighted by molar-refractivity contribution is 7.99. The summed E-state index contributed by atoms with van der Waals surface area (Å²) in [7, 11) is -7.77. The number of imidazole rings is 1. The van der Waals surface area contributed by atoms with Crippen molar-refractivity contribution in [2.75, 3.05) is 24.7 Å². The number of aromatic nitrogens is 2. The zero-order chi connectivity index (χ0) is 21.9. The van der Waals surface area contributed by atoms with Crippen LogP contribution in [-0.4, -0.2) is 72.0 Å². The summed E-state index contributed by atoms with van der Waals surface area (Å²) in [5.74, 6) is 1.66. The average molecular weight is 482 g/mol. The van der Waals surface area contributed by atoms with E-state index in [1.807, 2.05) is 18.8 Å². The second-order valence-electron chi connectivity index (χ2n) is 6.47. The minimum atomic E-state index is -6.09. The van der Waals surface area contributed by atoms with Crippen molar-refractivity contribution in [2.45, 2.75) is 36.9 Å². The van der Waals surface area contributed by atoms with Crippen LogP contribution in [0.5, 0.6) is 0 Å². The minimum absolute atomic E-state index is 0.0330. The lowest BCUT2D eigenvalue weighted by atomic mass is 10.0. The van der Waals surface area contributed by atoms with Crippen LogP contribution in [0.2, 0.25) is 0 Å². The Labute approximate surface area is 171 Å². The Morgan fingerprint density at radius 2 is 1.90 bits per heavy atom. The number of alkyl halides is 3. The molecule has 1 aromatic heterocycles. The Balaban J connectivity index is 0.000000321. The van der Waals surface area contributed by atoms with Gasteiger partial charge in [-0.25, -0.2) is 13.0 Å². The summed E-state index contributed by atoms with van der Waals surface area (Å²) in [4.78, 5) is 0. The van der Waals surface area contributed by atoms with Crippen LogP contribution in [0, 0.1) is 0 Å². The first-order chi connectivity index (χ1) is 13.3. The number of rotatable bonds is 3. The molecule has 0 amide bonds. The van der Waals surface area contributed by atoms with E-state index in [4.69, 9.17) is 17.7 Å². The Bertz CT molecular complexity index is 882. The molecule has 0 spiro atoms. The van der Waals surface area contributed by atoms with E-state index >= 15 is 0 Å². The van der Waals surface area contributed by atoms with E-state index in [2.05, 4.69) is 0 Å². The largest absolute Gasteiger partial charge is 0.741 e. The lowest BCUT2D eigenvalue weighted by Gasteiger charge is -2.38. The average Bonchev–Trinajstić information content (AvgIpc) is 3.09. The third kappa shape index (κ3) is 6.30. The van der Waals surface area contributed by atoms with Gasteiger partial charge in [0.2, 0.25) is 0 Å². The first kappa shape index (κ1) is 24.4. The summed E-state index contributed by atoms with van der Waals surface area (Å²) in [5.41, 5.74) is -5.65. The van der Waals surface area contributed by atoms with Gasteiger partial charge in [-0.2, -0.15) is 37.7 Å². The number of nitrogens with zero attached hydrogens (tertiary/aromatic N) is 3. The second-order valence-corrected chi connectivity index (χ2v) is 10.8. The number of thioether (sulfide) groups is 1. The highest BCUT2D eigenvalue weighted by Gasteiger charge is 2.41. The number of hydrogen-bond acceptors (Lipinski definition) is 7. The van der Waals surface area contributed by atoms with Gasteiger partial charge >= 0.3 is 15.7 Å². The van der Waals surface area contributed by atoms with Gasteiger partial charge < -0.3 is 9.29 Å². The van der Waals surface area contributed by atoms with Crippen molar-refractivity contribution in [1.29, 1.82) is 0 Å². The van der Waals surface area contributed by atoms with Crippen molar-refractivity contribution >= 4 is 32.1 Å². The van der Waals surface area contributed by atoms with Crippen molar-refractivity contribution in [1.82, 2.24) is 8.28 Å². The predicted molar refractivity (Wildman–Crippen MR) is 97.1 cm³/mol. The molecule has 2 atom stereocenters. The summed E-state index contributed by atoms with van der Waals surface area (Å²) < 4.78 is 95.2. The lowest BCUT2D eigenvalue weighted by Crippen LogP contribution is -2.54. The molecular formula is C14H22F3N3O6S3. The Morgan fingerprint density at radius 1 is 1.24 bits per heavy atom. The molecule has 2 saturated heterocycles. The summed E-state index contributed by atoms with van der Waals surface area (Å²) in [6.07, 6.45) is 8.12. The maximum absolute atomic E-state index is 12.9. The van der Waals surface area contributed by atoms with Gasteiger partial charge in [0.05, 0.1) is 19.2 Å². The SMILES string of the molecule is C[n+]1ccn(S(=O)(=O)N2CCSCC2C2CCCCO2)c1.O=S(=O)([O-])C(F)(F)F. The quantitative estimate of drug-likeness (QED) is 0.350. The Hall–Kier alpha value is -0.870. The normalized spacial score (nSPS) is 24.6. The summed E-state index contributed by atoms with van der Waals surface area (Å²) in [5, 5.41) is 0. The van der Waals surface area contributed by atoms with Gasteiger partial charge in [-0.1, -0.05) is 0 Å². The number of halogens is 3. The molecule has 9 nitrogen and oxygen atoms in total. The zero-order valence-electron chi connectivity index (χ0n) is 15.5. The minimum Gasteiger partial charge on any atom is -0.741 e. The topological polar surface area (TPSA) is 113 Å². The monoisotopic (exact) mass is 481 g/mol. The first-order valence-corrected chi connectivity index (χ1v) is 12.6. The zero-order valence-corrected chi connectivity index (χ0v) is 17.9. The summed E-state index contributed by atoms with van der Waals surface area (Å²) in [6.45, 7) is 1.30. The van der Waals surface area contributed by atoms with E-state index in [0.29, 0.717) is 6.54 Å². The molecule has 0 bridgehead atoms. The van der Waals surface area contributed by atoms with Gasteiger partial charge in [-0.3, -0.25) is 0 Å². The van der Waals surface area contributed by atoms with Crippen molar-refractivity contribution < 1.29 is 43.9 Å². The standard InChI is InChI=1S/C13H22N3O3S2.CHF3O3S/c1-14-5-6-15(11-14)21(17,18)16-7-9-20-10-12(16)13-4-2-3-8-19-13;2-1(3,4)8(5,6)7/h5-6,11-13H,2-4,7-10H2,1H3;(H,5,6,7)/q+1;/p-1. The molecule has 15 heteroatoms. The van der Waals surface area contributed by atoms with Crippen LogP contribution < -0.4 is 4.57 Å². The molecule has 0 aliphatic carbocycles. The molecule has 0 saturated carbocycles. The highest BCUT2D eigenvalue weighted by atomic mass is 32.2. The molecule has 0 aromatic carbocycles. The van der Waals surface area contributed by atoms with Crippen LogP contribution in [-0.2, 0) is 32.1 Å². The van der Waals surface area contributed by atoms with Gasteiger partial charge in [0, 0.05) is 24.7 Å². The molecule has 29 heavy (non-hydrogen) atoms. The highest BCUT2D eigenvalue weighted by Crippen LogP contribution is 2.28. The third-order valence-corrected chi connectivity index (χ3v) is 7.76. The van der Waals surface area contributed by atoms with Crippen molar-refractivity contribution in [3.63, 3.8) is 0 Å². The van der Waals surface area contributed by atoms with E-state index in [0.717, 1.165) is 37.4 Å². The molecule has 0 radical (unpaired) electrons. The van der Waals surface area contributed by atoms with Crippen LogP contribution >= 0.6 is 11.8 Å². The molecular weight excluding hydrogens is 459 g/mol. The smallest absolute Gasteiger partial charge is 0.485 e. The Kier molecular flexibility index (Phi) is 8.00. The lowest BCUT2D eigenvalue weighted by molar-refractivity contribution is -0.670. The van der Waals surface area contributed by atoms with E-state index < -0.39 is 25.8 Å². The van der Waals surface area contributed by atoms with Crippen LogP contribution in [0.25, 0.3) is 0 Å². The van der Waals surface area contributed by atoms with Gasteiger partial charge in [0.25, 0.3) is 6.33 Å². The first-order valence-electron chi connectivity index (χ1n) is 8.61. The van der Waals surface area contributed by atoms with Gasteiger partial charge in [0.15, 0.2) is 10.1 Å². The third-order valence-electron chi connectivity index (χ3n) is 4.35. The van der Waals surface area contributed by atoms with E-state index in [1.165, 1.54) is 3.97 Å². The predicted octanol–water partition coefficient (Wildman–Crippen LogP) is 0.443. The number of ether oxygens (including phenoxy) is 1. The molecule has 2 aliphatic rings. The molecule has 1 aromatic rings. The molecule has 2 unspecified atom stereocenters. The molecule has 2 fully saturated rings. The van der Waals surface area contributed by atoms with Crippen molar-refractivity contribution in [3.8, 4) is 0 Å².